The number of rotatable bonds is 8. The number of benzene rings is 1. The second kappa shape index (κ2) is 8.49. The number of esters is 1. The van der Waals surface area contributed by atoms with Crippen LogP contribution in [0.25, 0.3) is 0 Å². The Morgan fingerprint density at radius 3 is 2.47 bits per heavy atom. The quantitative estimate of drug-likeness (QED) is 0.289. The Hall–Kier alpha value is -3.48. The van der Waals surface area contributed by atoms with Crippen molar-refractivity contribution in [3.63, 3.8) is 0 Å². The summed E-state index contributed by atoms with van der Waals surface area (Å²) in [5.41, 5.74) is 2.85. The largest absolute Gasteiger partial charge is 0.454 e. The summed E-state index contributed by atoms with van der Waals surface area (Å²) in [5.74, 6) is -1.92. The first-order chi connectivity index (χ1) is 14.3. The van der Waals surface area contributed by atoms with Crippen LogP contribution >= 0.6 is 0 Å². The van der Waals surface area contributed by atoms with Gasteiger partial charge in [-0.1, -0.05) is 13.0 Å². The van der Waals surface area contributed by atoms with Crippen LogP contribution in [0.5, 0.6) is 0 Å². The van der Waals surface area contributed by atoms with Crippen LogP contribution in [0, 0.1) is 13.8 Å². The maximum absolute atomic E-state index is 12.6. The molecule has 1 aromatic heterocycles. The van der Waals surface area contributed by atoms with Gasteiger partial charge in [0, 0.05) is 30.0 Å². The topological polar surface area (TPSA) is 85.7 Å². The summed E-state index contributed by atoms with van der Waals surface area (Å²) in [6.07, 6.45) is 2.41. The van der Waals surface area contributed by atoms with Crippen molar-refractivity contribution < 1.29 is 23.9 Å². The molecule has 0 fully saturated rings. The van der Waals surface area contributed by atoms with Crippen molar-refractivity contribution in [2.24, 2.45) is 0 Å². The van der Waals surface area contributed by atoms with Crippen LogP contribution in [0.2, 0.25) is 0 Å². The molecule has 0 saturated heterocycles. The Bertz CT molecular complexity index is 1060. The summed E-state index contributed by atoms with van der Waals surface area (Å²) in [5, 5.41) is 0. The first-order valence-electron chi connectivity index (χ1n) is 9.78. The molecule has 0 spiro atoms. The van der Waals surface area contributed by atoms with Crippen molar-refractivity contribution in [2.45, 2.75) is 33.7 Å². The summed E-state index contributed by atoms with van der Waals surface area (Å²) in [6, 6.07) is 5.98. The number of ether oxygens (including phenoxy) is 1. The van der Waals surface area contributed by atoms with E-state index in [1.54, 1.807) is 6.07 Å². The Balaban J connectivity index is 1.72. The first-order valence-corrected chi connectivity index (χ1v) is 9.78. The molecular formula is C23H24N2O5. The fourth-order valence-corrected chi connectivity index (χ4v) is 3.66. The molecule has 2 amide bonds. The zero-order valence-electron chi connectivity index (χ0n) is 17.4. The summed E-state index contributed by atoms with van der Waals surface area (Å²) in [6.45, 7) is 9.91. The monoisotopic (exact) mass is 408 g/mol. The van der Waals surface area contributed by atoms with Gasteiger partial charge in [0.15, 0.2) is 6.61 Å². The zero-order valence-corrected chi connectivity index (χ0v) is 17.4. The molecular weight excluding hydrogens is 384 g/mol. The summed E-state index contributed by atoms with van der Waals surface area (Å²) >= 11 is 0. The number of imide groups is 1. The lowest BCUT2D eigenvalue weighted by Gasteiger charge is -2.09. The highest BCUT2D eigenvalue weighted by molar-refractivity contribution is 6.22. The third-order valence-corrected chi connectivity index (χ3v) is 5.17. The van der Waals surface area contributed by atoms with Crippen molar-refractivity contribution in [1.29, 1.82) is 0 Å². The van der Waals surface area contributed by atoms with E-state index in [1.165, 1.54) is 24.3 Å². The van der Waals surface area contributed by atoms with E-state index in [4.69, 9.17) is 4.74 Å². The number of hydrogen-bond acceptors (Lipinski definition) is 5. The highest BCUT2D eigenvalue weighted by atomic mass is 16.5. The van der Waals surface area contributed by atoms with Crippen molar-refractivity contribution in [3.8, 4) is 0 Å². The summed E-state index contributed by atoms with van der Waals surface area (Å²) in [4.78, 5) is 50.7. The van der Waals surface area contributed by atoms with Crippen molar-refractivity contribution in [2.75, 3.05) is 13.2 Å². The fraction of sp³-hybridized carbons (Fsp3) is 0.304. The molecule has 1 aliphatic heterocycles. The fourth-order valence-electron chi connectivity index (χ4n) is 3.66. The maximum atomic E-state index is 12.6. The van der Waals surface area contributed by atoms with E-state index in [-0.39, 0.29) is 29.0 Å². The zero-order chi connectivity index (χ0) is 22.0. The van der Waals surface area contributed by atoms with Crippen LogP contribution in [0.1, 0.15) is 66.2 Å². The number of Topliss-reactive ketones (excluding diaryl/α,β-unsaturated/α-hetero) is 1. The molecule has 156 valence electrons. The normalized spacial score (nSPS) is 12.8. The van der Waals surface area contributed by atoms with Crippen LogP contribution in [-0.4, -0.2) is 46.2 Å². The van der Waals surface area contributed by atoms with Gasteiger partial charge in [0.05, 0.1) is 16.7 Å². The molecule has 0 radical (unpaired) electrons. The number of amides is 2. The van der Waals surface area contributed by atoms with Gasteiger partial charge in [0.2, 0.25) is 5.78 Å². The number of fused-ring (bicyclic) bond motifs is 1. The minimum atomic E-state index is -0.726. The van der Waals surface area contributed by atoms with E-state index < -0.39 is 24.4 Å². The Kier molecular flexibility index (Phi) is 6.01. The van der Waals surface area contributed by atoms with Gasteiger partial charge < -0.3 is 9.30 Å². The smallest absolute Gasteiger partial charge is 0.338 e. The lowest BCUT2D eigenvalue weighted by Crippen LogP contribution is -2.29. The molecule has 7 nitrogen and oxygen atoms in total. The molecule has 0 unspecified atom stereocenters. The Labute approximate surface area is 174 Å². The first kappa shape index (κ1) is 21.2. The van der Waals surface area contributed by atoms with E-state index in [9.17, 15) is 19.2 Å². The lowest BCUT2D eigenvalue weighted by atomic mass is 10.1. The van der Waals surface area contributed by atoms with Crippen LogP contribution in [0.4, 0.5) is 0 Å². The van der Waals surface area contributed by atoms with E-state index in [1.807, 2.05) is 13.8 Å². The number of aryl methyl sites for hydroxylation is 1. The van der Waals surface area contributed by atoms with Gasteiger partial charge in [-0.3, -0.25) is 19.3 Å². The summed E-state index contributed by atoms with van der Waals surface area (Å²) in [7, 11) is 0. The van der Waals surface area contributed by atoms with Crippen LogP contribution in [0.3, 0.4) is 0 Å². The van der Waals surface area contributed by atoms with Gasteiger partial charge in [-0.05, 0) is 44.5 Å². The predicted molar refractivity (Wildman–Crippen MR) is 111 cm³/mol. The van der Waals surface area contributed by atoms with Crippen molar-refractivity contribution in [1.82, 2.24) is 9.47 Å². The predicted octanol–water partition coefficient (Wildman–Crippen LogP) is 3.34. The second-order valence-electron chi connectivity index (χ2n) is 7.21. The Morgan fingerprint density at radius 2 is 1.80 bits per heavy atom. The van der Waals surface area contributed by atoms with Crippen LogP contribution < -0.4 is 0 Å². The highest BCUT2D eigenvalue weighted by Crippen LogP contribution is 2.24. The molecule has 0 aliphatic carbocycles. The molecule has 2 heterocycles. The molecule has 0 atom stereocenters. The minimum absolute atomic E-state index is 0.0943. The summed E-state index contributed by atoms with van der Waals surface area (Å²) < 4.78 is 7.24. The van der Waals surface area contributed by atoms with Crippen LogP contribution in [0.15, 0.2) is 36.9 Å². The average Bonchev–Trinajstić information content (AvgIpc) is 3.15. The number of aromatic nitrogens is 1. The molecule has 1 aromatic carbocycles. The van der Waals surface area contributed by atoms with Gasteiger partial charge in [0.1, 0.15) is 0 Å². The lowest BCUT2D eigenvalue weighted by molar-refractivity contribution is 0.0474. The van der Waals surface area contributed by atoms with Gasteiger partial charge in [-0.25, -0.2) is 4.79 Å². The van der Waals surface area contributed by atoms with Gasteiger partial charge in [-0.2, -0.15) is 0 Å². The molecule has 30 heavy (non-hydrogen) atoms. The molecule has 0 saturated carbocycles. The van der Waals surface area contributed by atoms with Crippen molar-refractivity contribution >= 4 is 23.6 Å². The third-order valence-electron chi connectivity index (χ3n) is 5.17. The van der Waals surface area contributed by atoms with Crippen LogP contribution in [-0.2, 0) is 11.3 Å². The molecule has 7 heteroatoms. The van der Waals surface area contributed by atoms with E-state index >= 15 is 0 Å². The molecule has 3 rings (SSSR count). The second-order valence-corrected chi connectivity index (χ2v) is 7.21. The van der Waals surface area contributed by atoms with Gasteiger partial charge in [0.25, 0.3) is 11.8 Å². The van der Waals surface area contributed by atoms with E-state index in [0.717, 1.165) is 29.3 Å². The number of hydrogen-bond donors (Lipinski definition) is 0. The van der Waals surface area contributed by atoms with Crippen molar-refractivity contribution in [3.05, 3.63) is 70.6 Å². The number of nitrogens with zero attached hydrogens (tertiary/aromatic N) is 2. The molecule has 2 aromatic rings. The Morgan fingerprint density at radius 1 is 1.10 bits per heavy atom. The highest BCUT2D eigenvalue weighted by Gasteiger charge is 2.35. The number of ketones is 1. The third kappa shape index (κ3) is 3.70. The standard InChI is InChI=1S/C23H24N2O5/c1-5-9-24-14(3)11-18(15(24)4)20(26)13-30-23(29)16-7-8-17-19(12-16)22(28)25(10-6-2)21(17)27/h6-8,11-12H,2,5,9-10,13H2,1,3-4H3. The molecule has 0 N–H and O–H groups in total. The molecule has 1 aliphatic rings. The van der Waals surface area contributed by atoms with Gasteiger partial charge in [-0.15, -0.1) is 6.58 Å². The maximum Gasteiger partial charge on any atom is 0.338 e. The van der Waals surface area contributed by atoms with Gasteiger partial charge >= 0.3 is 5.97 Å². The number of carbonyl (C=O) groups excluding carboxylic acids is 4. The van der Waals surface area contributed by atoms with E-state index in [2.05, 4.69) is 18.1 Å². The molecule has 0 bridgehead atoms. The van der Waals surface area contributed by atoms with E-state index in [0.29, 0.717) is 5.56 Å². The average molecular weight is 408 g/mol. The SMILES string of the molecule is C=CCN1C(=O)c2ccc(C(=O)OCC(=O)c3cc(C)n(CCC)c3C)cc2C1=O. The number of carbonyl (C=O) groups is 4. The minimum Gasteiger partial charge on any atom is -0.454 e.